The maximum atomic E-state index is 11.8. The Kier molecular flexibility index (Phi) is 5.72. The minimum atomic E-state index is -0.475. The zero-order valence-electron chi connectivity index (χ0n) is 13.3. The lowest BCUT2D eigenvalue weighted by molar-refractivity contribution is -0.126. The minimum Gasteiger partial charge on any atom is -0.369 e. The first-order valence-electron chi connectivity index (χ1n) is 7.61. The number of hydrogen-bond donors (Lipinski definition) is 2. The predicted molar refractivity (Wildman–Crippen MR) is 86.9 cm³/mol. The number of aromatic amines is 1. The van der Waals surface area contributed by atoms with Gasteiger partial charge in [0.05, 0.1) is 0 Å². The quantitative estimate of drug-likeness (QED) is 0.826. The van der Waals surface area contributed by atoms with Crippen LogP contribution < -0.4 is 5.32 Å². The van der Waals surface area contributed by atoms with Gasteiger partial charge in [0.2, 0.25) is 0 Å². The molecule has 2 aromatic rings. The molecule has 0 spiro atoms. The van der Waals surface area contributed by atoms with Gasteiger partial charge in [0, 0.05) is 18.4 Å². The summed E-state index contributed by atoms with van der Waals surface area (Å²) in [5.74, 6) is 0.357. The summed E-state index contributed by atoms with van der Waals surface area (Å²) in [5, 5.41) is 9.84. The standard InChI is InChI=1S/C17H23N3O2/c1-4-22-13(3)17(21)18-16-11-15(19-20-16)10-9-14-8-6-5-7-12(14)2/h5-8,11,13H,4,9-10H2,1-3H3,(H2,18,19,20,21). The molecule has 2 N–H and O–H groups in total. The molecule has 0 saturated heterocycles. The molecule has 22 heavy (non-hydrogen) atoms. The van der Waals surface area contributed by atoms with Crippen LogP contribution in [0.5, 0.6) is 0 Å². The van der Waals surface area contributed by atoms with Gasteiger partial charge in [0.1, 0.15) is 6.10 Å². The third-order valence-electron chi connectivity index (χ3n) is 3.59. The smallest absolute Gasteiger partial charge is 0.254 e. The van der Waals surface area contributed by atoms with E-state index in [0.29, 0.717) is 12.4 Å². The fraction of sp³-hybridized carbons (Fsp3) is 0.412. The van der Waals surface area contributed by atoms with Crippen molar-refractivity contribution in [3.05, 3.63) is 47.2 Å². The van der Waals surface area contributed by atoms with Gasteiger partial charge in [0.15, 0.2) is 5.82 Å². The molecule has 1 aromatic carbocycles. The number of aryl methyl sites for hydroxylation is 3. The van der Waals surface area contributed by atoms with Gasteiger partial charge in [-0.15, -0.1) is 0 Å². The van der Waals surface area contributed by atoms with Crippen molar-refractivity contribution in [3.63, 3.8) is 0 Å². The molecule has 1 aromatic heterocycles. The summed E-state index contributed by atoms with van der Waals surface area (Å²) < 4.78 is 5.25. The van der Waals surface area contributed by atoms with Crippen LogP contribution in [-0.2, 0) is 22.4 Å². The highest BCUT2D eigenvalue weighted by molar-refractivity contribution is 5.93. The molecule has 1 heterocycles. The SMILES string of the molecule is CCOC(C)C(=O)Nc1cc(CCc2ccccc2C)[nH]n1. The van der Waals surface area contributed by atoms with Gasteiger partial charge in [-0.3, -0.25) is 9.89 Å². The lowest BCUT2D eigenvalue weighted by atomic mass is 10.0. The number of anilines is 1. The maximum absolute atomic E-state index is 11.8. The van der Waals surface area contributed by atoms with Gasteiger partial charge in [-0.2, -0.15) is 5.10 Å². The Morgan fingerprint density at radius 3 is 2.86 bits per heavy atom. The van der Waals surface area contributed by atoms with E-state index in [1.54, 1.807) is 6.92 Å². The largest absolute Gasteiger partial charge is 0.369 e. The average Bonchev–Trinajstić information content (AvgIpc) is 2.94. The Morgan fingerprint density at radius 2 is 2.14 bits per heavy atom. The fourth-order valence-corrected chi connectivity index (χ4v) is 2.27. The number of amides is 1. The number of H-pyrrole nitrogens is 1. The van der Waals surface area contributed by atoms with Crippen molar-refractivity contribution in [2.75, 3.05) is 11.9 Å². The van der Waals surface area contributed by atoms with Crippen molar-refractivity contribution < 1.29 is 9.53 Å². The van der Waals surface area contributed by atoms with Gasteiger partial charge < -0.3 is 10.1 Å². The lowest BCUT2D eigenvalue weighted by Crippen LogP contribution is -2.27. The molecule has 1 unspecified atom stereocenters. The van der Waals surface area contributed by atoms with E-state index in [0.717, 1.165) is 18.5 Å². The van der Waals surface area contributed by atoms with Crippen LogP contribution in [0.1, 0.15) is 30.7 Å². The number of nitrogens with one attached hydrogen (secondary N) is 2. The van der Waals surface area contributed by atoms with Crippen LogP contribution in [0.15, 0.2) is 30.3 Å². The summed E-state index contributed by atoms with van der Waals surface area (Å²) in [6.45, 7) is 6.21. The molecule has 0 saturated carbocycles. The van der Waals surface area contributed by atoms with E-state index in [2.05, 4.69) is 40.6 Å². The zero-order valence-corrected chi connectivity index (χ0v) is 13.3. The van der Waals surface area contributed by atoms with Crippen molar-refractivity contribution >= 4 is 11.7 Å². The molecule has 0 fully saturated rings. The van der Waals surface area contributed by atoms with Gasteiger partial charge in [-0.1, -0.05) is 24.3 Å². The van der Waals surface area contributed by atoms with E-state index in [9.17, 15) is 4.79 Å². The third-order valence-corrected chi connectivity index (χ3v) is 3.59. The average molecular weight is 301 g/mol. The molecule has 0 aliphatic rings. The summed E-state index contributed by atoms with van der Waals surface area (Å²) in [6.07, 6.45) is 1.32. The molecule has 1 atom stereocenters. The molecular formula is C17H23N3O2. The summed E-state index contributed by atoms with van der Waals surface area (Å²) in [7, 11) is 0. The number of benzene rings is 1. The summed E-state index contributed by atoms with van der Waals surface area (Å²) in [4.78, 5) is 11.8. The predicted octanol–water partition coefficient (Wildman–Crippen LogP) is 2.87. The number of carbonyl (C=O) groups is 1. The van der Waals surface area contributed by atoms with Crippen LogP contribution in [0, 0.1) is 6.92 Å². The molecule has 5 heteroatoms. The van der Waals surface area contributed by atoms with Crippen LogP contribution >= 0.6 is 0 Å². The second-order valence-corrected chi connectivity index (χ2v) is 5.29. The van der Waals surface area contributed by atoms with E-state index in [1.165, 1.54) is 11.1 Å². The number of hydrogen-bond acceptors (Lipinski definition) is 3. The molecule has 1 amide bonds. The fourth-order valence-electron chi connectivity index (χ4n) is 2.27. The van der Waals surface area contributed by atoms with Crippen LogP contribution in [0.3, 0.4) is 0 Å². The van der Waals surface area contributed by atoms with E-state index >= 15 is 0 Å². The number of carbonyl (C=O) groups excluding carboxylic acids is 1. The molecule has 0 radical (unpaired) electrons. The van der Waals surface area contributed by atoms with E-state index < -0.39 is 6.10 Å². The number of nitrogens with zero attached hydrogens (tertiary/aromatic N) is 1. The Labute approximate surface area is 131 Å². The Bertz CT molecular complexity index is 622. The maximum Gasteiger partial charge on any atom is 0.254 e. The van der Waals surface area contributed by atoms with Gasteiger partial charge >= 0.3 is 0 Å². The zero-order chi connectivity index (χ0) is 15.9. The van der Waals surface area contributed by atoms with Gasteiger partial charge in [-0.25, -0.2) is 0 Å². The monoisotopic (exact) mass is 301 g/mol. The van der Waals surface area contributed by atoms with Crippen LogP contribution in [0.2, 0.25) is 0 Å². The Balaban J connectivity index is 1.89. The van der Waals surface area contributed by atoms with E-state index in [1.807, 2.05) is 19.1 Å². The first-order valence-corrected chi connectivity index (χ1v) is 7.61. The highest BCUT2D eigenvalue weighted by Gasteiger charge is 2.14. The normalized spacial score (nSPS) is 12.1. The van der Waals surface area contributed by atoms with Crippen molar-refractivity contribution in [3.8, 4) is 0 Å². The second kappa shape index (κ2) is 7.75. The second-order valence-electron chi connectivity index (χ2n) is 5.29. The van der Waals surface area contributed by atoms with E-state index in [-0.39, 0.29) is 5.91 Å². The van der Waals surface area contributed by atoms with Gasteiger partial charge in [-0.05, 0) is 44.7 Å². The number of aromatic nitrogens is 2. The minimum absolute atomic E-state index is 0.182. The lowest BCUT2D eigenvalue weighted by Gasteiger charge is -2.09. The summed E-state index contributed by atoms with van der Waals surface area (Å²) in [6, 6.07) is 10.2. The summed E-state index contributed by atoms with van der Waals surface area (Å²) >= 11 is 0. The van der Waals surface area contributed by atoms with Crippen molar-refractivity contribution in [1.82, 2.24) is 10.2 Å². The highest BCUT2D eigenvalue weighted by Crippen LogP contribution is 2.13. The molecule has 5 nitrogen and oxygen atoms in total. The van der Waals surface area contributed by atoms with Crippen molar-refractivity contribution in [1.29, 1.82) is 0 Å². The number of rotatable bonds is 7. The first-order chi connectivity index (χ1) is 10.6. The van der Waals surface area contributed by atoms with Crippen molar-refractivity contribution in [2.24, 2.45) is 0 Å². The molecule has 118 valence electrons. The molecule has 0 aliphatic heterocycles. The Hall–Kier alpha value is -2.14. The molecule has 0 aliphatic carbocycles. The molecule has 0 bridgehead atoms. The Morgan fingerprint density at radius 1 is 1.36 bits per heavy atom. The van der Waals surface area contributed by atoms with Crippen LogP contribution in [0.4, 0.5) is 5.82 Å². The highest BCUT2D eigenvalue weighted by atomic mass is 16.5. The van der Waals surface area contributed by atoms with Crippen LogP contribution in [-0.4, -0.2) is 28.8 Å². The van der Waals surface area contributed by atoms with Crippen molar-refractivity contribution in [2.45, 2.75) is 39.7 Å². The van der Waals surface area contributed by atoms with E-state index in [4.69, 9.17) is 4.74 Å². The topological polar surface area (TPSA) is 67.0 Å². The molecular weight excluding hydrogens is 278 g/mol. The first kappa shape index (κ1) is 16.2. The third kappa shape index (κ3) is 4.43. The van der Waals surface area contributed by atoms with Gasteiger partial charge in [0.25, 0.3) is 5.91 Å². The summed E-state index contributed by atoms with van der Waals surface area (Å²) in [5.41, 5.74) is 3.62. The number of ether oxygens (including phenoxy) is 1. The van der Waals surface area contributed by atoms with Crippen LogP contribution in [0.25, 0.3) is 0 Å². The molecule has 2 rings (SSSR count).